The molecular formula is C13H18BrNO2. The van der Waals surface area contributed by atoms with Gasteiger partial charge in [-0.05, 0) is 23.6 Å². The van der Waals surface area contributed by atoms with Crippen molar-refractivity contribution in [3.05, 3.63) is 34.3 Å². The summed E-state index contributed by atoms with van der Waals surface area (Å²) in [7, 11) is 1.42. The molecule has 3 nitrogen and oxygen atoms in total. The first kappa shape index (κ1) is 14.2. The normalized spacial score (nSPS) is 12.5. The highest BCUT2D eigenvalue weighted by molar-refractivity contribution is 9.10. The zero-order valence-electron chi connectivity index (χ0n) is 10.4. The van der Waals surface area contributed by atoms with Crippen LogP contribution in [-0.2, 0) is 16.1 Å². The highest BCUT2D eigenvalue weighted by Crippen LogP contribution is 2.11. The summed E-state index contributed by atoms with van der Waals surface area (Å²) >= 11 is 3.39. The molecule has 0 saturated heterocycles. The molecule has 0 amide bonds. The number of esters is 1. The Morgan fingerprint density at radius 3 is 2.41 bits per heavy atom. The molecule has 1 aromatic rings. The molecule has 1 aromatic carbocycles. The molecule has 0 heterocycles. The van der Waals surface area contributed by atoms with Crippen molar-refractivity contribution >= 4 is 21.9 Å². The molecule has 0 saturated carbocycles. The fourth-order valence-electron chi connectivity index (χ4n) is 1.55. The van der Waals surface area contributed by atoms with Crippen LogP contribution in [0, 0.1) is 5.92 Å². The summed E-state index contributed by atoms with van der Waals surface area (Å²) in [6.07, 6.45) is 0. The van der Waals surface area contributed by atoms with Crippen LogP contribution in [0.15, 0.2) is 28.7 Å². The van der Waals surface area contributed by atoms with Gasteiger partial charge in [-0.2, -0.15) is 0 Å². The minimum atomic E-state index is -0.261. The number of nitrogens with one attached hydrogen (secondary N) is 1. The SMILES string of the molecule is COC(=O)C(NCc1ccc(Br)cc1)C(C)C. The van der Waals surface area contributed by atoms with Crippen LogP contribution in [0.4, 0.5) is 0 Å². The highest BCUT2D eigenvalue weighted by atomic mass is 79.9. The van der Waals surface area contributed by atoms with E-state index in [9.17, 15) is 4.79 Å². The Labute approximate surface area is 111 Å². The van der Waals surface area contributed by atoms with Crippen LogP contribution in [0.3, 0.4) is 0 Å². The van der Waals surface area contributed by atoms with Crippen molar-refractivity contribution in [3.63, 3.8) is 0 Å². The number of rotatable bonds is 5. The zero-order chi connectivity index (χ0) is 12.8. The van der Waals surface area contributed by atoms with Gasteiger partial charge in [0.05, 0.1) is 7.11 Å². The van der Waals surface area contributed by atoms with Crippen LogP contribution in [0.2, 0.25) is 0 Å². The number of carbonyl (C=O) groups is 1. The van der Waals surface area contributed by atoms with Crippen molar-refractivity contribution in [2.75, 3.05) is 7.11 Å². The van der Waals surface area contributed by atoms with Crippen LogP contribution in [-0.4, -0.2) is 19.1 Å². The van der Waals surface area contributed by atoms with Gasteiger partial charge in [0, 0.05) is 11.0 Å². The molecule has 0 radical (unpaired) electrons. The number of benzene rings is 1. The number of ether oxygens (including phenoxy) is 1. The lowest BCUT2D eigenvalue weighted by Crippen LogP contribution is -2.41. The molecule has 1 rings (SSSR count). The minimum Gasteiger partial charge on any atom is -0.468 e. The van der Waals surface area contributed by atoms with Crippen LogP contribution < -0.4 is 5.32 Å². The largest absolute Gasteiger partial charge is 0.468 e. The first-order valence-corrected chi connectivity index (χ1v) is 6.39. The van der Waals surface area contributed by atoms with E-state index in [1.54, 1.807) is 0 Å². The monoisotopic (exact) mass is 299 g/mol. The standard InChI is InChI=1S/C13H18BrNO2/c1-9(2)12(13(16)17-3)15-8-10-4-6-11(14)7-5-10/h4-7,9,12,15H,8H2,1-3H3. The molecule has 1 atom stereocenters. The van der Waals surface area contributed by atoms with Crippen LogP contribution in [0.1, 0.15) is 19.4 Å². The van der Waals surface area contributed by atoms with E-state index < -0.39 is 0 Å². The van der Waals surface area contributed by atoms with Crippen molar-refractivity contribution in [2.45, 2.75) is 26.4 Å². The molecule has 0 aromatic heterocycles. The first-order valence-electron chi connectivity index (χ1n) is 5.60. The highest BCUT2D eigenvalue weighted by Gasteiger charge is 2.21. The number of methoxy groups -OCH3 is 1. The Morgan fingerprint density at radius 2 is 1.94 bits per heavy atom. The van der Waals surface area contributed by atoms with Gasteiger partial charge in [-0.1, -0.05) is 41.9 Å². The van der Waals surface area contributed by atoms with Gasteiger partial charge in [-0.25, -0.2) is 0 Å². The van der Waals surface area contributed by atoms with Crippen LogP contribution >= 0.6 is 15.9 Å². The molecular weight excluding hydrogens is 282 g/mol. The van der Waals surface area contributed by atoms with E-state index in [1.807, 2.05) is 38.1 Å². The molecule has 0 aliphatic rings. The molecule has 0 aliphatic carbocycles. The Kier molecular flexibility index (Phi) is 5.65. The second-order valence-electron chi connectivity index (χ2n) is 4.25. The molecule has 0 bridgehead atoms. The molecule has 0 spiro atoms. The van der Waals surface area contributed by atoms with Crippen LogP contribution in [0.25, 0.3) is 0 Å². The molecule has 1 unspecified atom stereocenters. The maximum atomic E-state index is 11.5. The van der Waals surface area contributed by atoms with Gasteiger partial charge in [0.1, 0.15) is 6.04 Å². The summed E-state index contributed by atoms with van der Waals surface area (Å²) in [5, 5.41) is 3.22. The van der Waals surface area contributed by atoms with E-state index in [-0.39, 0.29) is 17.9 Å². The van der Waals surface area contributed by atoms with E-state index in [4.69, 9.17) is 4.74 Å². The zero-order valence-corrected chi connectivity index (χ0v) is 12.0. The second kappa shape index (κ2) is 6.77. The quantitative estimate of drug-likeness (QED) is 0.850. The van der Waals surface area contributed by atoms with E-state index in [1.165, 1.54) is 7.11 Å². The van der Waals surface area contributed by atoms with Crippen molar-refractivity contribution in [2.24, 2.45) is 5.92 Å². The summed E-state index contributed by atoms with van der Waals surface area (Å²) in [6.45, 7) is 4.65. The van der Waals surface area contributed by atoms with Crippen molar-refractivity contribution in [1.29, 1.82) is 0 Å². The molecule has 1 N–H and O–H groups in total. The van der Waals surface area contributed by atoms with Crippen molar-refractivity contribution in [3.8, 4) is 0 Å². The van der Waals surface area contributed by atoms with E-state index in [0.29, 0.717) is 6.54 Å². The first-order chi connectivity index (χ1) is 8.04. The summed E-state index contributed by atoms with van der Waals surface area (Å²) in [6, 6.07) is 7.75. The third kappa shape index (κ3) is 4.48. The Bertz CT molecular complexity index is 362. The van der Waals surface area contributed by atoms with Crippen molar-refractivity contribution in [1.82, 2.24) is 5.32 Å². The average molecular weight is 300 g/mol. The molecule has 0 fully saturated rings. The Morgan fingerprint density at radius 1 is 1.35 bits per heavy atom. The fourth-order valence-corrected chi connectivity index (χ4v) is 1.81. The summed E-state index contributed by atoms with van der Waals surface area (Å²) in [4.78, 5) is 11.5. The van der Waals surface area contributed by atoms with Gasteiger partial charge in [0.15, 0.2) is 0 Å². The lowest BCUT2D eigenvalue weighted by molar-refractivity contribution is -0.144. The summed E-state index contributed by atoms with van der Waals surface area (Å²) in [5.41, 5.74) is 1.14. The van der Waals surface area contributed by atoms with E-state index in [0.717, 1.165) is 10.0 Å². The van der Waals surface area contributed by atoms with Gasteiger partial charge >= 0.3 is 5.97 Å². The molecule has 4 heteroatoms. The second-order valence-corrected chi connectivity index (χ2v) is 5.17. The third-order valence-corrected chi connectivity index (χ3v) is 3.09. The number of hydrogen-bond donors (Lipinski definition) is 1. The van der Waals surface area contributed by atoms with Gasteiger partial charge in [-0.3, -0.25) is 4.79 Å². The predicted octanol–water partition coefficient (Wildman–Crippen LogP) is 2.74. The van der Waals surface area contributed by atoms with E-state index in [2.05, 4.69) is 21.2 Å². The molecule has 0 aliphatic heterocycles. The van der Waals surface area contributed by atoms with Gasteiger partial charge in [0.25, 0.3) is 0 Å². The number of hydrogen-bond acceptors (Lipinski definition) is 3. The van der Waals surface area contributed by atoms with Gasteiger partial charge in [-0.15, -0.1) is 0 Å². The third-order valence-electron chi connectivity index (χ3n) is 2.56. The van der Waals surface area contributed by atoms with E-state index >= 15 is 0 Å². The molecule has 17 heavy (non-hydrogen) atoms. The van der Waals surface area contributed by atoms with Crippen molar-refractivity contribution < 1.29 is 9.53 Å². The Balaban J connectivity index is 2.58. The average Bonchev–Trinajstić information content (AvgIpc) is 2.31. The minimum absolute atomic E-state index is 0.206. The topological polar surface area (TPSA) is 38.3 Å². The van der Waals surface area contributed by atoms with Crippen LogP contribution in [0.5, 0.6) is 0 Å². The molecule has 94 valence electrons. The fraction of sp³-hybridized carbons (Fsp3) is 0.462. The smallest absolute Gasteiger partial charge is 0.323 e. The lowest BCUT2D eigenvalue weighted by atomic mass is 10.0. The van der Waals surface area contributed by atoms with Gasteiger partial charge < -0.3 is 10.1 Å². The predicted molar refractivity (Wildman–Crippen MR) is 71.6 cm³/mol. The maximum absolute atomic E-state index is 11.5. The number of halogens is 1. The van der Waals surface area contributed by atoms with Gasteiger partial charge in [0.2, 0.25) is 0 Å². The summed E-state index contributed by atoms with van der Waals surface area (Å²) in [5.74, 6) is -0.00462. The summed E-state index contributed by atoms with van der Waals surface area (Å²) < 4.78 is 5.82. The Hall–Kier alpha value is -0.870. The maximum Gasteiger partial charge on any atom is 0.323 e. The lowest BCUT2D eigenvalue weighted by Gasteiger charge is -2.19. The number of carbonyl (C=O) groups excluding carboxylic acids is 1.